The van der Waals surface area contributed by atoms with Gasteiger partial charge in [0.25, 0.3) is 0 Å². The second-order valence-corrected chi connectivity index (χ2v) is 5.39. The van der Waals surface area contributed by atoms with E-state index in [2.05, 4.69) is 0 Å². The van der Waals surface area contributed by atoms with Crippen LogP contribution in [0.3, 0.4) is 0 Å². The lowest BCUT2D eigenvalue weighted by atomic mass is 10.1. The van der Waals surface area contributed by atoms with E-state index >= 15 is 0 Å². The monoisotopic (exact) mass is 333 g/mol. The van der Waals surface area contributed by atoms with Crippen molar-refractivity contribution in [3.8, 4) is 11.5 Å². The number of amides is 1. The third kappa shape index (κ3) is 4.07. The van der Waals surface area contributed by atoms with E-state index in [0.29, 0.717) is 31.1 Å². The molecule has 6 nitrogen and oxygen atoms in total. The van der Waals surface area contributed by atoms with Crippen LogP contribution in [0.4, 0.5) is 0 Å². The molecule has 1 aliphatic heterocycles. The Morgan fingerprint density at radius 3 is 2.75 bits per heavy atom. The minimum absolute atomic E-state index is 0.198. The predicted molar refractivity (Wildman–Crippen MR) is 89.9 cm³/mol. The molecule has 1 atom stereocenters. The van der Waals surface area contributed by atoms with Gasteiger partial charge in [0, 0.05) is 12.6 Å². The van der Waals surface area contributed by atoms with Crippen LogP contribution in [0.5, 0.6) is 11.5 Å². The minimum atomic E-state index is -0.484. The van der Waals surface area contributed by atoms with Crippen molar-refractivity contribution in [2.75, 3.05) is 27.4 Å². The van der Waals surface area contributed by atoms with Gasteiger partial charge in [-0.2, -0.15) is 0 Å². The highest BCUT2D eigenvalue weighted by atomic mass is 16.5. The van der Waals surface area contributed by atoms with Crippen molar-refractivity contribution in [1.29, 1.82) is 0 Å². The van der Waals surface area contributed by atoms with Gasteiger partial charge in [0.1, 0.15) is 6.04 Å². The van der Waals surface area contributed by atoms with Gasteiger partial charge >= 0.3 is 5.97 Å². The zero-order valence-electron chi connectivity index (χ0n) is 14.3. The highest BCUT2D eigenvalue weighted by Gasteiger charge is 2.33. The summed E-state index contributed by atoms with van der Waals surface area (Å²) in [5.74, 6) is 0.710. The van der Waals surface area contributed by atoms with Gasteiger partial charge in [-0.1, -0.05) is 6.07 Å². The second kappa shape index (κ2) is 8.38. The normalized spacial score (nSPS) is 17.1. The molecule has 0 aromatic heterocycles. The van der Waals surface area contributed by atoms with Crippen LogP contribution in [0.2, 0.25) is 0 Å². The van der Waals surface area contributed by atoms with Crippen molar-refractivity contribution in [2.45, 2.75) is 25.8 Å². The number of hydrogen-bond donors (Lipinski definition) is 0. The SMILES string of the molecule is CCOc1ccc(/C=C/C(=O)N2CCCC2C(=O)OC)cc1OC. The molecule has 0 saturated carbocycles. The van der Waals surface area contributed by atoms with E-state index in [0.717, 1.165) is 12.0 Å². The highest BCUT2D eigenvalue weighted by molar-refractivity contribution is 5.95. The van der Waals surface area contributed by atoms with Gasteiger partial charge in [-0.3, -0.25) is 4.79 Å². The Morgan fingerprint density at radius 2 is 2.08 bits per heavy atom. The number of nitrogens with zero attached hydrogens (tertiary/aromatic N) is 1. The minimum Gasteiger partial charge on any atom is -0.493 e. The first kappa shape index (κ1) is 17.8. The third-order valence-corrected chi connectivity index (χ3v) is 3.92. The lowest BCUT2D eigenvalue weighted by Gasteiger charge is -2.20. The summed E-state index contributed by atoms with van der Waals surface area (Å²) in [7, 11) is 2.91. The Balaban J connectivity index is 2.09. The Hall–Kier alpha value is -2.50. The van der Waals surface area contributed by atoms with E-state index < -0.39 is 6.04 Å². The number of methoxy groups -OCH3 is 2. The van der Waals surface area contributed by atoms with Crippen LogP contribution in [-0.4, -0.2) is 50.2 Å². The first-order valence-electron chi connectivity index (χ1n) is 7.98. The molecule has 24 heavy (non-hydrogen) atoms. The summed E-state index contributed by atoms with van der Waals surface area (Å²) in [4.78, 5) is 25.6. The van der Waals surface area contributed by atoms with E-state index in [4.69, 9.17) is 14.2 Å². The van der Waals surface area contributed by atoms with Crippen LogP contribution in [0, 0.1) is 0 Å². The topological polar surface area (TPSA) is 65.1 Å². The predicted octanol–water partition coefficient (Wildman–Crippen LogP) is 2.27. The summed E-state index contributed by atoms with van der Waals surface area (Å²) < 4.78 is 15.5. The Labute approximate surface area is 142 Å². The fourth-order valence-corrected chi connectivity index (χ4v) is 2.74. The first-order chi connectivity index (χ1) is 11.6. The molecule has 1 saturated heterocycles. The average Bonchev–Trinajstić information content (AvgIpc) is 3.09. The summed E-state index contributed by atoms with van der Waals surface area (Å²) >= 11 is 0. The molecule has 1 aromatic rings. The molecule has 1 aliphatic rings. The van der Waals surface area contributed by atoms with Gasteiger partial charge in [-0.15, -0.1) is 0 Å². The Bertz CT molecular complexity index is 626. The van der Waals surface area contributed by atoms with Crippen LogP contribution in [-0.2, 0) is 14.3 Å². The molecule has 1 aromatic carbocycles. The van der Waals surface area contributed by atoms with E-state index in [1.54, 1.807) is 30.2 Å². The molecule has 2 rings (SSSR count). The molecule has 1 amide bonds. The third-order valence-electron chi connectivity index (χ3n) is 3.92. The molecule has 0 bridgehead atoms. The summed E-state index contributed by atoms with van der Waals surface area (Å²) in [5, 5.41) is 0. The van der Waals surface area contributed by atoms with Crippen molar-refractivity contribution in [3.05, 3.63) is 29.8 Å². The van der Waals surface area contributed by atoms with E-state index in [-0.39, 0.29) is 11.9 Å². The van der Waals surface area contributed by atoms with Gasteiger partial charge in [0.05, 0.1) is 20.8 Å². The number of likely N-dealkylation sites (tertiary alicyclic amines) is 1. The van der Waals surface area contributed by atoms with E-state index in [1.165, 1.54) is 13.2 Å². The lowest BCUT2D eigenvalue weighted by Crippen LogP contribution is -2.40. The van der Waals surface area contributed by atoms with Gasteiger partial charge in [-0.25, -0.2) is 4.79 Å². The maximum Gasteiger partial charge on any atom is 0.328 e. The highest BCUT2D eigenvalue weighted by Crippen LogP contribution is 2.28. The molecular formula is C18H23NO5. The molecule has 6 heteroatoms. The summed E-state index contributed by atoms with van der Waals surface area (Å²) in [5.41, 5.74) is 0.817. The number of hydrogen-bond acceptors (Lipinski definition) is 5. The number of esters is 1. The van der Waals surface area contributed by atoms with Crippen LogP contribution in [0.1, 0.15) is 25.3 Å². The summed E-state index contributed by atoms with van der Waals surface area (Å²) in [6.45, 7) is 3.02. The molecule has 0 aliphatic carbocycles. The smallest absolute Gasteiger partial charge is 0.328 e. The fraction of sp³-hybridized carbons (Fsp3) is 0.444. The molecule has 0 N–H and O–H groups in total. The first-order valence-corrected chi connectivity index (χ1v) is 7.98. The zero-order chi connectivity index (χ0) is 17.5. The molecule has 1 fully saturated rings. The summed E-state index contributed by atoms with van der Waals surface area (Å²) in [6.07, 6.45) is 4.61. The van der Waals surface area contributed by atoms with Gasteiger partial charge in [0.2, 0.25) is 5.91 Å². The Kier molecular flexibility index (Phi) is 6.23. The van der Waals surface area contributed by atoms with Crippen LogP contribution >= 0.6 is 0 Å². The lowest BCUT2D eigenvalue weighted by molar-refractivity contribution is -0.149. The fourth-order valence-electron chi connectivity index (χ4n) is 2.74. The molecule has 0 spiro atoms. The van der Waals surface area contributed by atoms with E-state index in [9.17, 15) is 9.59 Å². The Morgan fingerprint density at radius 1 is 1.29 bits per heavy atom. The molecular weight excluding hydrogens is 310 g/mol. The number of carbonyl (C=O) groups is 2. The van der Waals surface area contributed by atoms with Crippen LogP contribution in [0.25, 0.3) is 6.08 Å². The quantitative estimate of drug-likeness (QED) is 0.590. The van der Waals surface area contributed by atoms with Crippen LogP contribution < -0.4 is 9.47 Å². The second-order valence-electron chi connectivity index (χ2n) is 5.39. The number of ether oxygens (including phenoxy) is 3. The van der Waals surface area contributed by atoms with E-state index in [1.807, 2.05) is 13.0 Å². The summed E-state index contributed by atoms with van der Waals surface area (Å²) in [6, 6.07) is 4.97. The van der Waals surface area contributed by atoms with Crippen LogP contribution in [0.15, 0.2) is 24.3 Å². The molecule has 0 radical (unpaired) electrons. The van der Waals surface area contributed by atoms with Gasteiger partial charge < -0.3 is 19.1 Å². The van der Waals surface area contributed by atoms with Crippen molar-refractivity contribution in [1.82, 2.24) is 4.90 Å². The van der Waals surface area contributed by atoms with Gasteiger partial charge in [-0.05, 0) is 43.5 Å². The zero-order valence-corrected chi connectivity index (χ0v) is 14.3. The molecule has 1 heterocycles. The number of rotatable bonds is 6. The molecule has 130 valence electrons. The largest absolute Gasteiger partial charge is 0.493 e. The number of carbonyl (C=O) groups excluding carboxylic acids is 2. The van der Waals surface area contributed by atoms with Gasteiger partial charge in [0.15, 0.2) is 11.5 Å². The molecule has 1 unspecified atom stereocenters. The van der Waals surface area contributed by atoms with Crippen molar-refractivity contribution < 1.29 is 23.8 Å². The van der Waals surface area contributed by atoms with Crippen molar-refractivity contribution >= 4 is 18.0 Å². The maximum absolute atomic E-state index is 12.3. The van der Waals surface area contributed by atoms with Crippen molar-refractivity contribution in [3.63, 3.8) is 0 Å². The average molecular weight is 333 g/mol. The number of benzene rings is 1. The standard InChI is InChI=1S/C18H23NO5/c1-4-24-15-9-7-13(12-16(15)22-2)8-10-17(20)19-11-5-6-14(19)18(21)23-3/h7-10,12,14H,4-6,11H2,1-3H3/b10-8+. The maximum atomic E-state index is 12.3. The van der Waals surface area contributed by atoms with Crippen molar-refractivity contribution in [2.24, 2.45) is 0 Å².